The molecule has 0 saturated heterocycles. The van der Waals surface area contributed by atoms with Crippen LogP contribution < -0.4 is 9.47 Å². The minimum Gasteiger partial charge on any atom is -0.491 e. The van der Waals surface area contributed by atoms with Crippen LogP contribution in [0.4, 0.5) is 0 Å². The Bertz CT molecular complexity index is 1220. The lowest BCUT2D eigenvalue weighted by atomic mass is 10.1. The number of aryl methyl sites for hydroxylation is 1. The molecule has 188 valence electrons. The Morgan fingerprint density at radius 1 is 0.861 bits per heavy atom. The smallest absolute Gasteiger partial charge is 0.127 e. The number of hydrogen-bond donors (Lipinski definition) is 1. The van der Waals surface area contributed by atoms with Gasteiger partial charge in [-0.05, 0) is 85.6 Å². The van der Waals surface area contributed by atoms with E-state index in [0.29, 0.717) is 11.6 Å². The maximum atomic E-state index is 9.91. The van der Waals surface area contributed by atoms with Gasteiger partial charge >= 0.3 is 0 Å². The third kappa shape index (κ3) is 6.90. The first-order chi connectivity index (χ1) is 17.6. The molecule has 1 atom stereocenters. The lowest BCUT2D eigenvalue weighted by molar-refractivity contribution is 0.0993. The number of halogens is 1. The minimum absolute atomic E-state index is 0.306. The molecule has 0 aliphatic rings. The molecule has 0 unspecified atom stereocenters. The van der Waals surface area contributed by atoms with Crippen molar-refractivity contribution in [1.82, 2.24) is 9.55 Å². The van der Waals surface area contributed by atoms with Crippen LogP contribution in [0.15, 0.2) is 79.0 Å². The molecule has 0 saturated carbocycles. The Balaban J connectivity index is 1.51. The fourth-order valence-electron chi connectivity index (χ4n) is 3.94. The average molecular weight is 505 g/mol. The molecule has 36 heavy (non-hydrogen) atoms. The van der Waals surface area contributed by atoms with E-state index in [2.05, 4.69) is 24.6 Å². The van der Waals surface area contributed by atoms with Gasteiger partial charge < -0.3 is 19.1 Å². The molecule has 3 aromatic carbocycles. The zero-order valence-corrected chi connectivity index (χ0v) is 21.6. The van der Waals surface area contributed by atoms with Crippen LogP contribution in [0.25, 0.3) is 16.9 Å². The lowest BCUT2D eigenvalue weighted by Crippen LogP contribution is -2.16. The Labute approximate surface area is 218 Å². The summed E-state index contributed by atoms with van der Waals surface area (Å²) in [5.74, 6) is 3.28. The molecule has 0 fully saturated rings. The van der Waals surface area contributed by atoms with E-state index in [0.717, 1.165) is 72.1 Å². The van der Waals surface area contributed by atoms with Crippen LogP contribution in [0, 0.1) is 0 Å². The third-order valence-corrected chi connectivity index (χ3v) is 6.16. The standard InChI is InChI=1S/C30H33ClN2O3/c1-3-5-7-30-32-29(22-8-14-26(15-9-22)35-21-25(34)6-4-2)20-33(30)24-12-18-28(19-13-24)36-27-16-10-23(31)11-17-27/h8-20,25,34H,3-7,21H2,1-2H3/t25-/m0/s1. The van der Waals surface area contributed by atoms with Gasteiger partial charge in [-0.2, -0.15) is 0 Å². The fourth-order valence-corrected chi connectivity index (χ4v) is 4.06. The average Bonchev–Trinajstić information content (AvgIpc) is 3.33. The number of hydrogen-bond acceptors (Lipinski definition) is 4. The predicted molar refractivity (Wildman–Crippen MR) is 146 cm³/mol. The van der Waals surface area contributed by atoms with Gasteiger partial charge in [0.15, 0.2) is 0 Å². The Morgan fingerprint density at radius 3 is 2.14 bits per heavy atom. The molecule has 1 N–H and O–H groups in total. The summed E-state index contributed by atoms with van der Waals surface area (Å²) in [4.78, 5) is 4.96. The zero-order valence-electron chi connectivity index (χ0n) is 20.9. The number of nitrogens with zero attached hydrogens (tertiary/aromatic N) is 2. The predicted octanol–water partition coefficient (Wildman–Crippen LogP) is 7.87. The highest BCUT2D eigenvalue weighted by molar-refractivity contribution is 6.30. The van der Waals surface area contributed by atoms with E-state index in [1.165, 1.54) is 0 Å². The fraction of sp³-hybridized carbons (Fsp3) is 0.300. The van der Waals surface area contributed by atoms with E-state index in [1.807, 2.05) is 72.8 Å². The van der Waals surface area contributed by atoms with Gasteiger partial charge in [0.1, 0.15) is 29.7 Å². The molecule has 1 aromatic heterocycles. The van der Waals surface area contributed by atoms with Crippen LogP contribution in [-0.4, -0.2) is 27.4 Å². The molecule has 6 heteroatoms. The molecule has 0 aliphatic heterocycles. The van der Waals surface area contributed by atoms with Crippen molar-refractivity contribution in [2.24, 2.45) is 0 Å². The Kier molecular flexibility index (Phi) is 9.04. The summed E-state index contributed by atoms with van der Waals surface area (Å²) >= 11 is 5.96. The number of imidazole rings is 1. The van der Waals surface area contributed by atoms with Gasteiger partial charge in [-0.25, -0.2) is 4.98 Å². The summed E-state index contributed by atoms with van der Waals surface area (Å²) in [6.45, 7) is 4.55. The van der Waals surface area contributed by atoms with Gasteiger partial charge in [0, 0.05) is 28.9 Å². The Morgan fingerprint density at radius 2 is 1.50 bits per heavy atom. The van der Waals surface area contributed by atoms with Crippen molar-refractivity contribution in [2.75, 3.05) is 6.61 Å². The molecule has 0 spiro atoms. The second-order valence-corrected chi connectivity index (χ2v) is 9.28. The number of aliphatic hydroxyl groups is 1. The number of aliphatic hydroxyl groups excluding tert-OH is 1. The molecule has 4 aromatic rings. The monoisotopic (exact) mass is 504 g/mol. The number of unbranched alkanes of at least 4 members (excludes halogenated alkanes) is 1. The molecular formula is C30H33ClN2O3. The van der Waals surface area contributed by atoms with Crippen LogP contribution >= 0.6 is 11.6 Å². The quantitative estimate of drug-likeness (QED) is 0.213. The summed E-state index contributed by atoms with van der Waals surface area (Å²) in [6.07, 6.45) is 6.40. The van der Waals surface area contributed by atoms with Crippen molar-refractivity contribution in [3.63, 3.8) is 0 Å². The molecule has 1 heterocycles. The first-order valence-electron chi connectivity index (χ1n) is 12.6. The van der Waals surface area contributed by atoms with Crippen LogP contribution in [0.5, 0.6) is 17.2 Å². The van der Waals surface area contributed by atoms with E-state index in [1.54, 1.807) is 0 Å². The second-order valence-electron chi connectivity index (χ2n) is 8.84. The van der Waals surface area contributed by atoms with Crippen molar-refractivity contribution >= 4 is 11.6 Å². The van der Waals surface area contributed by atoms with Gasteiger partial charge in [0.2, 0.25) is 0 Å². The summed E-state index contributed by atoms with van der Waals surface area (Å²) in [5.41, 5.74) is 2.98. The van der Waals surface area contributed by atoms with Crippen molar-refractivity contribution in [1.29, 1.82) is 0 Å². The summed E-state index contributed by atoms with van der Waals surface area (Å²) in [6, 6.07) is 23.2. The van der Waals surface area contributed by atoms with E-state index < -0.39 is 6.10 Å². The number of aromatic nitrogens is 2. The molecule has 0 bridgehead atoms. The zero-order chi connectivity index (χ0) is 25.3. The van der Waals surface area contributed by atoms with E-state index in [9.17, 15) is 5.11 Å². The van der Waals surface area contributed by atoms with Crippen LogP contribution in [-0.2, 0) is 6.42 Å². The molecule has 5 nitrogen and oxygen atoms in total. The summed E-state index contributed by atoms with van der Waals surface area (Å²) in [7, 11) is 0. The van der Waals surface area contributed by atoms with Crippen LogP contribution in [0.2, 0.25) is 5.02 Å². The minimum atomic E-state index is -0.436. The summed E-state index contributed by atoms with van der Waals surface area (Å²) in [5, 5.41) is 10.6. The van der Waals surface area contributed by atoms with E-state index >= 15 is 0 Å². The maximum absolute atomic E-state index is 9.91. The molecule has 0 radical (unpaired) electrons. The van der Waals surface area contributed by atoms with E-state index in [-0.39, 0.29) is 0 Å². The maximum Gasteiger partial charge on any atom is 0.127 e. The van der Waals surface area contributed by atoms with Crippen molar-refractivity contribution in [3.8, 4) is 34.2 Å². The van der Waals surface area contributed by atoms with Crippen molar-refractivity contribution in [3.05, 3.63) is 89.8 Å². The number of ether oxygens (including phenoxy) is 2. The van der Waals surface area contributed by atoms with Gasteiger partial charge in [-0.1, -0.05) is 38.3 Å². The normalized spacial score (nSPS) is 11.9. The van der Waals surface area contributed by atoms with E-state index in [4.69, 9.17) is 26.1 Å². The van der Waals surface area contributed by atoms with Gasteiger partial charge in [0.05, 0.1) is 11.8 Å². The van der Waals surface area contributed by atoms with Crippen LogP contribution in [0.1, 0.15) is 45.4 Å². The highest BCUT2D eigenvalue weighted by Crippen LogP contribution is 2.27. The lowest BCUT2D eigenvalue weighted by Gasteiger charge is -2.11. The second kappa shape index (κ2) is 12.6. The van der Waals surface area contributed by atoms with Gasteiger partial charge in [-0.15, -0.1) is 0 Å². The van der Waals surface area contributed by atoms with Gasteiger partial charge in [0.25, 0.3) is 0 Å². The number of rotatable bonds is 12. The Hall–Kier alpha value is -3.28. The first kappa shape index (κ1) is 25.8. The SMILES string of the molecule is CCCCc1nc(-c2ccc(OC[C@@H](O)CCC)cc2)cn1-c1ccc(Oc2ccc(Cl)cc2)cc1. The highest BCUT2D eigenvalue weighted by atomic mass is 35.5. The van der Waals surface area contributed by atoms with Crippen molar-refractivity contribution < 1.29 is 14.6 Å². The summed E-state index contributed by atoms with van der Waals surface area (Å²) < 4.78 is 13.8. The van der Waals surface area contributed by atoms with Crippen molar-refractivity contribution in [2.45, 2.75) is 52.1 Å². The highest BCUT2D eigenvalue weighted by Gasteiger charge is 2.12. The molecule has 0 amide bonds. The van der Waals surface area contributed by atoms with Gasteiger partial charge in [-0.3, -0.25) is 0 Å². The molecule has 4 rings (SSSR count). The third-order valence-electron chi connectivity index (χ3n) is 5.91. The molecule has 0 aliphatic carbocycles. The molecular weight excluding hydrogens is 472 g/mol. The topological polar surface area (TPSA) is 56.5 Å². The first-order valence-corrected chi connectivity index (χ1v) is 13.0. The largest absolute Gasteiger partial charge is 0.491 e. The van der Waals surface area contributed by atoms with Crippen LogP contribution in [0.3, 0.4) is 0 Å². The number of benzene rings is 3.